The lowest BCUT2D eigenvalue weighted by Gasteiger charge is -2.32. The molecule has 0 aliphatic carbocycles. The van der Waals surface area contributed by atoms with Gasteiger partial charge in [-0.05, 0) is 41.5 Å². The van der Waals surface area contributed by atoms with Gasteiger partial charge in [0, 0.05) is 19.0 Å². The van der Waals surface area contributed by atoms with E-state index in [1.54, 1.807) is 25.1 Å². The summed E-state index contributed by atoms with van der Waals surface area (Å²) in [5.74, 6) is -0.846. The number of benzene rings is 3. The molecule has 0 N–H and O–H groups in total. The van der Waals surface area contributed by atoms with Crippen molar-refractivity contribution in [1.29, 1.82) is 0 Å². The normalized spacial score (nSPS) is 14.7. The van der Waals surface area contributed by atoms with Crippen molar-refractivity contribution >= 4 is 38.3 Å². The van der Waals surface area contributed by atoms with Crippen molar-refractivity contribution in [3.63, 3.8) is 0 Å². The summed E-state index contributed by atoms with van der Waals surface area (Å²) < 4.78 is 38.4. The fourth-order valence-electron chi connectivity index (χ4n) is 3.78. The minimum absolute atomic E-state index is 0.0123. The number of ketones is 1. The number of carbonyl (C=O) groups is 2. The molecule has 1 heterocycles. The van der Waals surface area contributed by atoms with Crippen molar-refractivity contribution in [3.05, 3.63) is 78.0 Å². The fraction of sp³-hybridized carbons (Fsp3) is 0.200. The maximum absolute atomic E-state index is 13.1. The summed E-state index contributed by atoms with van der Waals surface area (Å²) in [7, 11) is -3.95. The highest BCUT2D eigenvalue weighted by atomic mass is 32.2. The van der Waals surface area contributed by atoms with Crippen LogP contribution in [-0.2, 0) is 24.3 Å². The molecule has 33 heavy (non-hydrogen) atoms. The molecule has 0 atom stereocenters. The summed E-state index contributed by atoms with van der Waals surface area (Å²) >= 11 is 0. The standard InChI is InChI=1S/C25H23NO6S/c1-3-14-26-24(17(2)27)25(21-10-6-7-11-22(21)33(26,29)30)32-23(28)16-31-20-13-12-18-8-4-5-9-19(18)15-20/h4-13,15H,3,14,16H2,1-2H3. The van der Waals surface area contributed by atoms with Crippen LogP contribution in [0.25, 0.3) is 16.5 Å². The van der Waals surface area contributed by atoms with E-state index >= 15 is 0 Å². The largest absolute Gasteiger partial charge is 0.482 e. The molecule has 0 saturated heterocycles. The second-order valence-electron chi connectivity index (χ2n) is 7.58. The third-order valence-corrected chi connectivity index (χ3v) is 7.08. The highest BCUT2D eigenvalue weighted by Gasteiger charge is 2.39. The zero-order valence-corrected chi connectivity index (χ0v) is 19.1. The number of nitrogens with zero attached hydrogens (tertiary/aromatic N) is 1. The van der Waals surface area contributed by atoms with Crippen LogP contribution in [0, 0.1) is 0 Å². The number of Topliss-reactive ketones (excluding diaryl/α,β-unsaturated/α-hetero) is 1. The number of hydrogen-bond donors (Lipinski definition) is 0. The van der Waals surface area contributed by atoms with Gasteiger partial charge in [-0.3, -0.25) is 9.10 Å². The molecule has 170 valence electrons. The van der Waals surface area contributed by atoms with E-state index < -0.39 is 28.4 Å². The molecule has 0 spiro atoms. The quantitative estimate of drug-likeness (QED) is 0.488. The SMILES string of the molecule is CCCN1C(C(C)=O)=C(OC(=O)COc2ccc3ccccc3c2)c2ccccc2S1(=O)=O. The van der Waals surface area contributed by atoms with Crippen LogP contribution in [0.5, 0.6) is 5.75 Å². The van der Waals surface area contributed by atoms with Gasteiger partial charge in [-0.2, -0.15) is 0 Å². The molecular formula is C25H23NO6S. The lowest BCUT2D eigenvalue weighted by atomic mass is 10.1. The van der Waals surface area contributed by atoms with Gasteiger partial charge in [-0.15, -0.1) is 0 Å². The van der Waals surface area contributed by atoms with Crippen LogP contribution in [0.1, 0.15) is 25.8 Å². The van der Waals surface area contributed by atoms with Gasteiger partial charge >= 0.3 is 5.97 Å². The third-order valence-electron chi connectivity index (χ3n) is 5.22. The molecule has 8 heteroatoms. The predicted octanol–water partition coefficient (Wildman–Crippen LogP) is 4.13. The van der Waals surface area contributed by atoms with E-state index in [9.17, 15) is 18.0 Å². The Hall–Kier alpha value is -3.65. The number of sulfonamides is 1. The minimum atomic E-state index is -3.95. The highest BCUT2D eigenvalue weighted by Crippen LogP contribution is 2.38. The summed E-state index contributed by atoms with van der Waals surface area (Å²) in [6, 6.07) is 19.4. The third kappa shape index (κ3) is 4.34. The Kier molecular flexibility index (Phi) is 6.20. The van der Waals surface area contributed by atoms with Crippen LogP contribution >= 0.6 is 0 Å². The zero-order valence-electron chi connectivity index (χ0n) is 18.3. The molecule has 3 aromatic rings. The molecule has 0 saturated carbocycles. The van der Waals surface area contributed by atoms with E-state index in [2.05, 4.69) is 0 Å². The number of hydrogen-bond acceptors (Lipinski definition) is 6. The van der Waals surface area contributed by atoms with Crippen LogP contribution in [0.3, 0.4) is 0 Å². The van der Waals surface area contributed by atoms with Crippen molar-refractivity contribution in [1.82, 2.24) is 4.31 Å². The van der Waals surface area contributed by atoms with Crippen molar-refractivity contribution in [3.8, 4) is 5.75 Å². The molecule has 0 bridgehead atoms. The van der Waals surface area contributed by atoms with E-state index in [1.165, 1.54) is 19.1 Å². The van der Waals surface area contributed by atoms with Crippen LogP contribution in [-0.4, -0.2) is 37.6 Å². The predicted molar refractivity (Wildman–Crippen MR) is 124 cm³/mol. The van der Waals surface area contributed by atoms with E-state index in [4.69, 9.17) is 9.47 Å². The summed E-state index contributed by atoms with van der Waals surface area (Å²) in [5, 5.41) is 2.01. The van der Waals surface area contributed by atoms with Gasteiger partial charge in [0.15, 0.2) is 18.1 Å². The number of carbonyl (C=O) groups excluding carboxylic acids is 2. The van der Waals surface area contributed by atoms with E-state index in [0.717, 1.165) is 15.1 Å². The fourth-order valence-corrected chi connectivity index (χ4v) is 5.58. The van der Waals surface area contributed by atoms with Crippen molar-refractivity contribution in [2.45, 2.75) is 25.2 Å². The zero-order chi connectivity index (χ0) is 23.6. The van der Waals surface area contributed by atoms with Crippen LogP contribution in [0.4, 0.5) is 0 Å². The number of esters is 1. The van der Waals surface area contributed by atoms with E-state index in [1.807, 2.05) is 36.4 Å². The van der Waals surface area contributed by atoms with Gasteiger partial charge in [0.1, 0.15) is 11.4 Å². The Morgan fingerprint density at radius 2 is 1.64 bits per heavy atom. The Bertz CT molecular complexity index is 1380. The molecule has 7 nitrogen and oxygen atoms in total. The molecule has 0 fully saturated rings. The number of rotatable bonds is 7. The van der Waals surface area contributed by atoms with Crippen LogP contribution < -0.4 is 4.74 Å². The van der Waals surface area contributed by atoms with Crippen LogP contribution in [0.2, 0.25) is 0 Å². The Morgan fingerprint density at radius 1 is 0.939 bits per heavy atom. The molecule has 1 aliphatic heterocycles. The molecule has 1 aliphatic rings. The lowest BCUT2D eigenvalue weighted by molar-refractivity contribution is -0.139. The van der Waals surface area contributed by atoms with Crippen molar-refractivity contribution in [2.24, 2.45) is 0 Å². The van der Waals surface area contributed by atoms with E-state index in [-0.39, 0.29) is 28.5 Å². The molecular weight excluding hydrogens is 442 g/mol. The van der Waals surface area contributed by atoms with Gasteiger partial charge in [0.25, 0.3) is 10.0 Å². The highest BCUT2D eigenvalue weighted by molar-refractivity contribution is 7.89. The topological polar surface area (TPSA) is 90.0 Å². The second-order valence-corrected chi connectivity index (χ2v) is 9.41. The van der Waals surface area contributed by atoms with Gasteiger partial charge in [0.05, 0.1) is 4.90 Å². The van der Waals surface area contributed by atoms with Crippen molar-refractivity contribution in [2.75, 3.05) is 13.2 Å². The van der Waals surface area contributed by atoms with E-state index in [0.29, 0.717) is 12.2 Å². The van der Waals surface area contributed by atoms with Crippen molar-refractivity contribution < 1.29 is 27.5 Å². The smallest absolute Gasteiger partial charge is 0.349 e. The average Bonchev–Trinajstić information content (AvgIpc) is 2.80. The molecule has 0 aromatic heterocycles. The first-order valence-corrected chi connectivity index (χ1v) is 12.0. The maximum Gasteiger partial charge on any atom is 0.349 e. The molecule has 0 radical (unpaired) electrons. The average molecular weight is 466 g/mol. The lowest BCUT2D eigenvalue weighted by Crippen LogP contribution is -2.38. The Balaban J connectivity index is 1.64. The molecule has 3 aromatic carbocycles. The first-order valence-electron chi connectivity index (χ1n) is 10.5. The summed E-state index contributed by atoms with van der Waals surface area (Å²) in [6.07, 6.45) is 0.477. The van der Waals surface area contributed by atoms with Gasteiger partial charge in [0.2, 0.25) is 0 Å². The number of ether oxygens (including phenoxy) is 2. The Labute approximate surface area is 192 Å². The van der Waals surface area contributed by atoms with Gasteiger partial charge in [-0.25, -0.2) is 13.2 Å². The first kappa shape index (κ1) is 22.5. The maximum atomic E-state index is 13.1. The summed E-state index contributed by atoms with van der Waals surface area (Å²) in [5.41, 5.74) is 0.0173. The monoisotopic (exact) mass is 465 g/mol. The van der Waals surface area contributed by atoms with Gasteiger partial charge < -0.3 is 9.47 Å². The number of allylic oxidation sites excluding steroid dienone is 1. The second kappa shape index (κ2) is 9.07. The van der Waals surface area contributed by atoms with Crippen LogP contribution in [0.15, 0.2) is 77.3 Å². The molecule has 4 rings (SSSR count). The number of fused-ring (bicyclic) bond motifs is 2. The Morgan fingerprint density at radius 3 is 2.36 bits per heavy atom. The first-order chi connectivity index (χ1) is 15.8. The molecule has 0 unspecified atom stereocenters. The summed E-state index contributed by atoms with van der Waals surface area (Å²) in [6.45, 7) is 2.73. The summed E-state index contributed by atoms with van der Waals surface area (Å²) in [4.78, 5) is 25.2. The molecule has 0 amide bonds. The van der Waals surface area contributed by atoms with Gasteiger partial charge in [-0.1, -0.05) is 49.4 Å². The minimum Gasteiger partial charge on any atom is -0.482 e.